The second-order valence-corrected chi connectivity index (χ2v) is 1.47. The van der Waals surface area contributed by atoms with Crippen molar-refractivity contribution in [3.05, 3.63) is 0 Å². The van der Waals surface area contributed by atoms with Crippen molar-refractivity contribution in [3.63, 3.8) is 0 Å². The van der Waals surface area contributed by atoms with E-state index in [-0.39, 0.29) is 29.6 Å². The van der Waals surface area contributed by atoms with Crippen LogP contribution in [0.1, 0.15) is 0 Å². The SMILES string of the molecule is O=[AsH](O)O.[NaH]. The molecule has 0 aliphatic heterocycles. The Morgan fingerprint density at radius 1 is 1.40 bits per heavy atom. The summed E-state index contributed by atoms with van der Waals surface area (Å²) in [7, 11) is 0. The molecule has 0 aromatic rings. The summed E-state index contributed by atoms with van der Waals surface area (Å²) in [4.78, 5) is 0. The summed E-state index contributed by atoms with van der Waals surface area (Å²) >= 11 is -3.58. The Bertz CT molecular complexity index is 29.9. The molecule has 0 aliphatic rings. The number of hydrogen-bond acceptors (Lipinski definition) is 1. The third kappa shape index (κ3) is 34.7. The molecule has 0 aliphatic carbocycles. The molecule has 0 amide bonds. The monoisotopic (exact) mass is 150 g/mol. The maximum atomic E-state index is 8.81. The number of hydrogen-bond donors (Lipinski definition) is 2. The van der Waals surface area contributed by atoms with Gasteiger partial charge in [-0.25, -0.2) is 0 Å². The van der Waals surface area contributed by atoms with Gasteiger partial charge in [-0.05, 0) is 0 Å². The predicted molar refractivity (Wildman–Crippen MR) is 19.4 cm³/mol. The van der Waals surface area contributed by atoms with Crippen molar-refractivity contribution in [1.82, 2.24) is 0 Å². The van der Waals surface area contributed by atoms with E-state index in [0.29, 0.717) is 0 Å². The normalized spacial score (nSPS) is 7.00. The van der Waals surface area contributed by atoms with Crippen LogP contribution < -0.4 is 0 Å². The van der Waals surface area contributed by atoms with Crippen LogP contribution >= 0.6 is 0 Å². The van der Waals surface area contributed by atoms with E-state index < -0.39 is 15.3 Å². The van der Waals surface area contributed by atoms with Gasteiger partial charge in [0.2, 0.25) is 0 Å². The van der Waals surface area contributed by atoms with Crippen LogP contribution in [0, 0.1) is 0 Å². The summed E-state index contributed by atoms with van der Waals surface area (Å²) in [6, 6.07) is 0. The van der Waals surface area contributed by atoms with E-state index in [9.17, 15) is 0 Å². The molecule has 0 heterocycles. The second kappa shape index (κ2) is 5.28. The van der Waals surface area contributed by atoms with Crippen LogP contribution in [0.2, 0.25) is 0 Å². The number of rotatable bonds is 0. The molecule has 28 valence electrons. The first-order valence-electron chi connectivity index (χ1n) is 0.651. The molecule has 0 aromatic carbocycles. The molecule has 0 saturated carbocycles. The van der Waals surface area contributed by atoms with Gasteiger partial charge in [0, 0.05) is 0 Å². The Balaban J connectivity index is 0. The van der Waals surface area contributed by atoms with E-state index in [1.165, 1.54) is 0 Å². The van der Waals surface area contributed by atoms with Gasteiger partial charge in [-0.3, -0.25) is 0 Å². The Morgan fingerprint density at radius 3 is 1.40 bits per heavy atom. The topological polar surface area (TPSA) is 57.5 Å². The maximum absolute atomic E-state index is 8.81. The average molecular weight is 150 g/mol. The molecular weight excluding hydrogens is 146 g/mol. The van der Waals surface area contributed by atoms with Crippen LogP contribution in [0.15, 0.2) is 0 Å². The summed E-state index contributed by atoms with van der Waals surface area (Å²) < 4.78 is 23.2. The molecule has 3 nitrogen and oxygen atoms in total. The van der Waals surface area contributed by atoms with E-state index in [1.807, 2.05) is 0 Å². The van der Waals surface area contributed by atoms with Crippen molar-refractivity contribution in [3.8, 4) is 0 Å². The minimum absolute atomic E-state index is 0. The first-order chi connectivity index (χ1) is 1.73. The van der Waals surface area contributed by atoms with Crippen molar-refractivity contribution in [1.29, 1.82) is 0 Å². The zero-order valence-corrected chi connectivity index (χ0v) is 3.90. The van der Waals surface area contributed by atoms with Gasteiger partial charge in [0.1, 0.15) is 0 Å². The van der Waals surface area contributed by atoms with Gasteiger partial charge in [-0.2, -0.15) is 0 Å². The third-order valence-corrected chi connectivity index (χ3v) is 0. The predicted octanol–water partition coefficient (Wildman–Crippen LogP) is -2.53. The van der Waals surface area contributed by atoms with E-state index in [2.05, 4.69) is 0 Å². The van der Waals surface area contributed by atoms with Gasteiger partial charge < -0.3 is 0 Å². The van der Waals surface area contributed by atoms with Crippen molar-refractivity contribution >= 4 is 44.8 Å². The van der Waals surface area contributed by atoms with Crippen LogP contribution in [-0.2, 0) is 3.74 Å². The first kappa shape index (κ1) is 9.56. The molecule has 0 spiro atoms. The average Bonchev–Trinajstić information content (AvgIpc) is 0.811. The van der Waals surface area contributed by atoms with Gasteiger partial charge >= 0.3 is 56.8 Å². The molecule has 5 heteroatoms. The zero-order valence-electron chi connectivity index (χ0n) is 1.80. The molecule has 0 aromatic heterocycles. The van der Waals surface area contributed by atoms with Gasteiger partial charge in [0.15, 0.2) is 0 Å². The molecule has 0 saturated heterocycles. The van der Waals surface area contributed by atoms with Gasteiger partial charge in [-0.1, -0.05) is 0 Å². The first-order valence-corrected chi connectivity index (χ1v) is 3.38. The minimum atomic E-state index is -3.58. The van der Waals surface area contributed by atoms with Gasteiger partial charge in [0.25, 0.3) is 0 Å². The van der Waals surface area contributed by atoms with Crippen molar-refractivity contribution in [2.24, 2.45) is 0 Å². The standard InChI is InChI=1S/AsH3O3.Na.H/c2-1(3)4;;/h1H,(H2,2,3,4);;. The van der Waals surface area contributed by atoms with Crippen LogP contribution in [0.3, 0.4) is 0 Å². The summed E-state index contributed by atoms with van der Waals surface area (Å²) in [5.74, 6) is 0. The Morgan fingerprint density at radius 2 is 1.40 bits per heavy atom. The summed E-state index contributed by atoms with van der Waals surface area (Å²) in [6.45, 7) is 0. The quantitative estimate of drug-likeness (QED) is 0.374. The van der Waals surface area contributed by atoms with Gasteiger partial charge in [0.05, 0.1) is 0 Å². The fraction of sp³-hybridized carbons (Fsp3) is 0. The summed E-state index contributed by atoms with van der Waals surface area (Å²) in [5, 5.41) is 0. The molecule has 2 N–H and O–H groups in total. The second-order valence-electron chi connectivity index (χ2n) is 0.283. The Labute approximate surface area is 56.5 Å². The van der Waals surface area contributed by atoms with E-state index in [4.69, 9.17) is 11.9 Å². The zero-order chi connectivity index (χ0) is 3.58. The van der Waals surface area contributed by atoms with E-state index in [0.717, 1.165) is 0 Å². The Hall–Kier alpha value is 1.28. The van der Waals surface area contributed by atoms with Crippen LogP contribution in [0.4, 0.5) is 0 Å². The molecule has 0 atom stereocenters. The van der Waals surface area contributed by atoms with Crippen LogP contribution in [-0.4, -0.2) is 53.0 Å². The van der Waals surface area contributed by atoms with Gasteiger partial charge in [-0.15, -0.1) is 0 Å². The molecule has 0 bridgehead atoms. The van der Waals surface area contributed by atoms with E-state index in [1.54, 1.807) is 0 Å². The van der Waals surface area contributed by atoms with Crippen LogP contribution in [0.5, 0.6) is 0 Å². The molecule has 0 unspecified atom stereocenters. The summed E-state index contributed by atoms with van der Waals surface area (Å²) in [5.41, 5.74) is 0. The van der Waals surface area contributed by atoms with Crippen molar-refractivity contribution in [2.45, 2.75) is 0 Å². The van der Waals surface area contributed by atoms with Crippen molar-refractivity contribution in [2.75, 3.05) is 0 Å². The Kier molecular flexibility index (Phi) is 10.1. The fourth-order valence-electron chi connectivity index (χ4n) is 0. The summed E-state index contributed by atoms with van der Waals surface area (Å²) in [6.07, 6.45) is 0. The van der Waals surface area contributed by atoms with E-state index >= 15 is 0 Å². The fourth-order valence-corrected chi connectivity index (χ4v) is 0. The molecule has 5 heavy (non-hydrogen) atoms. The van der Waals surface area contributed by atoms with Crippen molar-refractivity contribution < 1.29 is 11.9 Å². The van der Waals surface area contributed by atoms with Crippen LogP contribution in [0.25, 0.3) is 0 Å². The molecular formula is H4AsNaO3. The molecule has 0 radical (unpaired) electrons. The molecule has 0 rings (SSSR count). The third-order valence-electron chi connectivity index (χ3n) is 0. The molecule has 0 fully saturated rings.